The highest BCUT2D eigenvalue weighted by Gasteiger charge is 2.24. The summed E-state index contributed by atoms with van der Waals surface area (Å²) in [6.07, 6.45) is 12.8. The molecular weight excluding hydrogens is 390 g/mol. The van der Waals surface area contributed by atoms with Crippen molar-refractivity contribution in [3.05, 3.63) is 42.6 Å². The first-order valence-electron chi connectivity index (χ1n) is 9.89. The van der Waals surface area contributed by atoms with Gasteiger partial charge in [0.2, 0.25) is 5.88 Å². The van der Waals surface area contributed by atoms with Crippen LogP contribution < -0.4 is 16.2 Å². The Hall–Kier alpha value is -2.39. The summed E-state index contributed by atoms with van der Waals surface area (Å²) in [6.45, 7) is 2.13. The fourth-order valence-corrected chi connectivity index (χ4v) is 4.89. The van der Waals surface area contributed by atoms with Gasteiger partial charge in [0.1, 0.15) is 12.0 Å². The lowest BCUT2D eigenvalue weighted by Crippen LogP contribution is -2.37. The van der Waals surface area contributed by atoms with Crippen LogP contribution >= 0.6 is 0 Å². The van der Waals surface area contributed by atoms with Gasteiger partial charge in [-0.1, -0.05) is 18.2 Å². The van der Waals surface area contributed by atoms with Crippen molar-refractivity contribution in [2.24, 2.45) is 22.4 Å². The fourth-order valence-electron chi connectivity index (χ4n) is 3.52. The first kappa shape index (κ1) is 21.3. The van der Waals surface area contributed by atoms with E-state index >= 15 is 0 Å². The van der Waals surface area contributed by atoms with Gasteiger partial charge in [-0.3, -0.25) is 9.89 Å². The van der Waals surface area contributed by atoms with Gasteiger partial charge in [0.15, 0.2) is 15.8 Å². The zero-order valence-corrected chi connectivity index (χ0v) is 17.3. The molecule has 8 nitrogen and oxygen atoms in total. The molecule has 2 aliphatic rings. The third kappa shape index (κ3) is 6.57. The van der Waals surface area contributed by atoms with Gasteiger partial charge >= 0.3 is 0 Å². The number of hydrogen-bond donors (Lipinski definition) is 2. The molecule has 2 heterocycles. The molecule has 9 heteroatoms. The van der Waals surface area contributed by atoms with E-state index in [1.807, 2.05) is 29.2 Å². The van der Waals surface area contributed by atoms with Crippen molar-refractivity contribution in [3.63, 3.8) is 0 Å². The van der Waals surface area contributed by atoms with E-state index in [0.717, 1.165) is 38.8 Å². The van der Waals surface area contributed by atoms with Crippen LogP contribution in [0.4, 0.5) is 0 Å². The summed E-state index contributed by atoms with van der Waals surface area (Å²) in [6, 6.07) is 3.19. The second kappa shape index (κ2) is 9.89. The number of nitrogens with two attached hydrogens (primary N) is 2. The molecule has 0 saturated carbocycles. The molecule has 1 aromatic heterocycles. The van der Waals surface area contributed by atoms with Crippen molar-refractivity contribution in [1.82, 2.24) is 9.88 Å². The summed E-state index contributed by atoms with van der Waals surface area (Å²) < 4.78 is 31.2. The van der Waals surface area contributed by atoms with Crippen LogP contribution in [-0.4, -0.2) is 55.9 Å². The Bertz CT molecular complexity index is 853. The molecule has 0 radical (unpaired) electrons. The summed E-state index contributed by atoms with van der Waals surface area (Å²) in [5, 5.41) is 0. The number of aliphatic imine (C=N–C) groups is 1. The topological polar surface area (TPSA) is 124 Å². The number of pyridine rings is 1. The number of guanidine groups is 1. The van der Waals surface area contributed by atoms with E-state index in [4.69, 9.17) is 16.2 Å². The Morgan fingerprint density at radius 1 is 1.24 bits per heavy atom. The minimum Gasteiger partial charge on any atom is -0.470 e. The molecule has 1 unspecified atom stereocenters. The molecule has 0 spiro atoms. The van der Waals surface area contributed by atoms with Gasteiger partial charge < -0.3 is 16.2 Å². The largest absolute Gasteiger partial charge is 0.470 e. The average Bonchev–Trinajstić information content (AvgIpc) is 2.70. The van der Waals surface area contributed by atoms with Gasteiger partial charge in [0.25, 0.3) is 0 Å². The number of ether oxygens (including phenoxy) is 1. The van der Waals surface area contributed by atoms with Crippen molar-refractivity contribution in [2.75, 3.05) is 25.5 Å². The standard InChI is InChI=1S/C20H29N5O3S/c21-20(22)23-11-8-16-9-12-25(13-10-16)15-29(26,27)18-6-7-19(24-14-18)28-17-4-2-1-3-5-17/h1-4,6-7,14,16-17H,5,8-13,15H2,(H4,21,22,23). The van der Waals surface area contributed by atoms with Crippen molar-refractivity contribution in [2.45, 2.75) is 36.7 Å². The van der Waals surface area contributed by atoms with Gasteiger partial charge in [0.05, 0.1) is 4.90 Å². The summed E-state index contributed by atoms with van der Waals surface area (Å²) in [5.74, 6) is 1.07. The van der Waals surface area contributed by atoms with Gasteiger partial charge in [0, 0.05) is 25.2 Å². The smallest absolute Gasteiger partial charge is 0.213 e. The van der Waals surface area contributed by atoms with E-state index in [0.29, 0.717) is 18.3 Å². The van der Waals surface area contributed by atoms with E-state index in [2.05, 4.69) is 9.98 Å². The molecule has 0 amide bonds. The van der Waals surface area contributed by atoms with Crippen molar-refractivity contribution >= 4 is 15.8 Å². The molecule has 0 bridgehead atoms. The number of hydrogen-bond acceptors (Lipinski definition) is 6. The molecule has 1 fully saturated rings. The van der Waals surface area contributed by atoms with Gasteiger partial charge in [-0.25, -0.2) is 13.4 Å². The van der Waals surface area contributed by atoms with Crippen LogP contribution in [-0.2, 0) is 9.84 Å². The minimum absolute atomic E-state index is 0.00562. The molecule has 158 valence electrons. The molecular formula is C20H29N5O3S. The van der Waals surface area contributed by atoms with E-state index in [-0.39, 0.29) is 22.8 Å². The lowest BCUT2D eigenvalue weighted by molar-refractivity contribution is 0.203. The first-order valence-corrected chi connectivity index (χ1v) is 11.5. The Balaban J connectivity index is 1.49. The van der Waals surface area contributed by atoms with Crippen molar-refractivity contribution < 1.29 is 13.2 Å². The number of piperidine rings is 1. The molecule has 3 rings (SSSR count). The van der Waals surface area contributed by atoms with Crippen LogP contribution in [0, 0.1) is 5.92 Å². The van der Waals surface area contributed by atoms with E-state index in [1.165, 1.54) is 6.20 Å². The molecule has 29 heavy (non-hydrogen) atoms. The summed E-state index contributed by atoms with van der Waals surface area (Å²) in [5.41, 5.74) is 10.7. The zero-order valence-electron chi connectivity index (χ0n) is 16.5. The molecule has 1 aromatic rings. The number of allylic oxidation sites excluding steroid dienone is 2. The molecule has 0 aromatic carbocycles. The third-order valence-corrected chi connectivity index (χ3v) is 6.84. The number of nitrogens with zero attached hydrogens (tertiary/aromatic N) is 3. The quantitative estimate of drug-likeness (QED) is 0.483. The monoisotopic (exact) mass is 419 g/mol. The molecule has 1 aliphatic carbocycles. The lowest BCUT2D eigenvalue weighted by atomic mass is 9.94. The Labute approximate surface area is 172 Å². The highest BCUT2D eigenvalue weighted by Crippen LogP contribution is 2.23. The second-order valence-corrected chi connectivity index (χ2v) is 9.40. The normalized spacial score (nSPS) is 20.5. The average molecular weight is 420 g/mol. The van der Waals surface area contributed by atoms with Crippen LogP contribution in [0.1, 0.15) is 25.7 Å². The number of aromatic nitrogens is 1. The molecule has 1 saturated heterocycles. The summed E-state index contributed by atoms with van der Waals surface area (Å²) >= 11 is 0. The Morgan fingerprint density at radius 2 is 2.03 bits per heavy atom. The SMILES string of the molecule is NC(N)=NCCC1CCN(CS(=O)(=O)c2ccc(OC3C=CC=CC3)nc2)CC1. The van der Waals surface area contributed by atoms with Crippen LogP contribution in [0.5, 0.6) is 5.88 Å². The maximum Gasteiger partial charge on any atom is 0.213 e. The number of rotatable bonds is 8. The predicted molar refractivity (Wildman–Crippen MR) is 113 cm³/mol. The lowest BCUT2D eigenvalue weighted by Gasteiger charge is -2.31. The molecule has 1 aliphatic heterocycles. The highest BCUT2D eigenvalue weighted by atomic mass is 32.2. The Kier molecular flexibility index (Phi) is 7.27. The fraction of sp³-hybridized carbons (Fsp3) is 0.500. The molecule has 1 atom stereocenters. The predicted octanol–water partition coefficient (Wildman–Crippen LogP) is 1.45. The van der Waals surface area contributed by atoms with Crippen LogP contribution in [0.25, 0.3) is 0 Å². The van der Waals surface area contributed by atoms with E-state index < -0.39 is 9.84 Å². The zero-order chi connectivity index (χ0) is 20.7. The maximum absolute atomic E-state index is 12.7. The van der Waals surface area contributed by atoms with Crippen LogP contribution in [0.2, 0.25) is 0 Å². The minimum atomic E-state index is -3.43. The van der Waals surface area contributed by atoms with Gasteiger partial charge in [-0.2, -0.15) is 0 Å². The molecule has 4 N–H and O–H groups in total. The van der Waals surface area contributed by atoms with Crippen molar-refractivity contribution in [3.8, 4) is 5.88 Å². The van der Waals surface area contributed by atoms with E-state index in [1.54, 1.807) is 12.1 Å². The Morgan fingerprint density at radius 3 is 2.66 bits per heavy atom. The highest BCUT2D eigenvalue weighted by molar-refractivity contribution is 7.91. The maximum atomic E-state index is 12.7. The van der Waals surface area contributed by atoms with Crippen LogP contribution in [0.15, 0.2) is 52.5 Å². The summed E-state index contributed by atoms with van der Waals surface area (Å²) in [7, 11) is -3.43. The van der Waals surface area contributed by atoms with Gasteiger partial charge in [-0.15, -0.1) is 0 Å². The van der Waals surface area contributed by atoms with Crippen molar-refractivity contribution in [1.29, 1.82) is 0 Å². The summed E-state index contributed by atoms with van der Waals surface area (Å²) in [4.78, 5) is 10.4. The third-order valence-electron chi connectivity index (χ3n) is 5.17. The number of likely N-dealkylation sites (tertiary alicyclic amines) is 1. The first-order chi connectivity index (χ1) is 13.9. The van der Waals surface area contributed by atoms with Gasteiger partial charge in [-0.05, 0) is 50.4 Å². The van der Waals surface area contributed by atoms with E-state index in [9.17, 15) is 8.42 Å². The second-order valence-electron chi connectivity index (χ2n) is 7.44. The van der Waals surface area contributed by atoms with Crippen LogP contribution in [0.3, 0.4) is 0 Å². The number of sulfone groups is 1.